The van der Waals surface area contributed by atoms with Crippen molar-refractivity contribution in [2.75, 3.05) is 13.7 Å². The van der Waals surface area contributed by atoms with Gasteiger partial charge in [0, 0.05) is 12.6 Å². The Morgan fingerprint density at radius 3 is 2.89 bits per heavy atom. The molecular formula is C13H17ClN2O2. The Kier molecular flexibility index (Phi) is 4.44. The van der Waals surface area contributed by atoms with Gasteiger partial charge in [0.2, 0.25) is 5.91 Å². The Balaban J connectivity index is 1.77. The fourth-order valence-electron chi connectivity index (χ4n) is 1.61. The van der Waals surface area contributed by atoms with E-state index in [1.165, 1.54) is 12.8 Å². The maximum Gasteiger partial charge on any atom is 0.234 e. The van der Waals surface area contributed by atoms with Crippen molar-refractivity contribution in [3.63, 3.8) is 0 Å². The molecule has 1 saturated carbocycles. The predicted molar refractivity (Wildman–Crippen MR) is 70.9 cm³/mol. The Hall–Kier alpha value is -1.26. The third-order valence-electron chi connectivity index (χ3n) is 2.83. The molecule has 1 amide bonds. The molecule has 0 bridgehead atoms. The number of halogens is 1. The molecule has 2 rings (SSSR count). The minimum Gasteiger partial charge on any atom is -0.495 e. The summed E-state index contributed by atoms with van der Waals surface area (Å²) in [5.41, 5.74) is 0.959. The molecule has 18 heavy (non-hydrogen) atoms. The summed E-state index contributed by atoms with van der Waals surface area (Å²) in [7, 11) is 1.58. The van der Waals surface area contributed by atoms with Crippen molar-refractivity contribution in [2.45, 2.75) is 25.4 Å². The lowest BCUT2D eigenvalue weighted by Gasteiger charge is -2.08. The van der Waals surface area contributed by atoms with Crippen LogP contribution in [-0.4, -0.2) is 25.6 Å². The van der Waals surface area contributed by atoms with Crippen molar-refractivity contribution in [2.24, 2.45) is 0 Å². The second-order valence-corrected chi connectivity index (χ2v) is 4.81. The zero-order valence-corrected chi connectivity index (χ0v) is 11.1. The molecule has 0 radical (unpaired) electrons. The number of carbonyl (C=O) groups is 1. The normalized spacial score (nSPS) is 14.3. The monoisotopic (exact) mass is 268 g/mol. The van der Waals surface area contributed by atoms with E-state index in [0.29, 0.717) is 29.9 Å². The summed E-state index contributed by atoms with van der Waals surface area (Å²) in [6, 6.07) is 6.03. The van der Waals surface area contributed by atoms with Crippen LogP contribution in [0, 0.1) is 0 Å². The molecule has 1 fully saturated rings. The lowest BCUT2D eigenvalue weighted by Crippen LogP contribution is -2.34. The number of hydrogen-bond donors (Lipinski definition) is 2. The number of carbonyl (C=O) groups excluding carboxylic acids is 1. The number of ether oxygens (including phenoxy) is 1. The third-order valence-corrected chi connectivity index (χ3v) is 3.13. The molecule has 0 saturated heterocycles. The van der Waals surface area contributed by atoms with E-state index in [0.717, 1.165) is 5.56 Å². The number of rotatable bonds is 6. The fourth-order valence-corrected chi connectivity index (χ4v) is 1.89. The molecule has 0 heterocycles. The van der Waals surface area contributed by atoms with Gasteiger partial charge in [-0.1, -0.05) is 17.7 Å². The molecule has 4 nitrogen and oxygen atoms in total. The summed E-state index contributed by atoms with van der Waals surface area (Å²) in [6.07, 6.45) is 2.36. The van der Waals surface area contributed by atoms with Gasteiger partial charge in [0.05, 0.1) is 18.7 Å². The van der Waals surface area contributed by atoms with E-state index in [1.807, 2.05) is 6.07 Å². The Labute approximate surface area is 112 Å². The van der Waals surface area contributed by atoms with Crippen LogP contribution in [-0.2, 0) is 11.3 Å². The number of benzene rings is 1. The Morgan fingerprint density at radius 1 is 1.50 bits per heavy atom. The van der Waals surface area contributed by atoms with Crippen LogP contribution < -0.4 is 15.4 Å². The van der Waals surface area contributed by atoms with Crippen molar-refractivity contribution in [3.8, 4) is 5.75 Å². The van der Waals surface area contributed by atoms with E-state index in [1.54, 1.807) is 19.2 Å². The maximum absolute atomic E-state index is 11.5. The smallest absolute Gasteiger partial charge is 0.234 e. The van der Waals surface area contributed by atoms with Gasteiger partial charge in [0.25, 0.3) is 0 Å². The minimum absolute atomic E-state index is 0.00819. The molecule has 0 aromatic heterocycles. The van der Waals surface area contributed by atoms with Crippen molar-refractivity contribution < 1.29 is 9.53 Å². The zero-order chi connectivity index (χ0) is 13.0. The number of hydrogen-bond acceptors (Lipinski definition) is 3. The predicted octanol–water partition coefficient (Wildman–Crippen LogP) is 1.72. The molecule has 5 heteroatoms. The van der Waals surface area contributed by atoms with Crippen LogP contribution in [0.5, 0.6) is 5.75 Å². The molecule has 1 aliphatic rings. The largest absolute Gasteiger partial charge is 0.495 e. The molecular weight excluding hydrogens is 252 g/mol. The van der Waals surface area contributed by atoms with Crippen LogP contribution in [0.2, 0.25) is 5.02 Å². The van der Waals surface area contributed by atoms with Gasteiger partial charge in [-0.25, -0.2) is 0 Å². The SMILES string of the molecule is COc1ccc(CNC(=O)CNC2CC2)cc1Cl. The molecule has 0 aliphatic heterocycles. The highest BCUT2D eigenvalue weighted by atomic mass is 35.5. The summed E-state index contributed by atoms with van der Waals surface area (Å²) in [5.74, 6) is 0.649. The summed E-state index contributed by atoms with van der Waals surface area (Å²) >= 11 is 6.01. The quantitative estimate of drug-likeness (QED) is 0.826. The second kappa shape index (κ2) is 6.07. The molecule has 1 aliphatic carbocycles. The third kappa shape index (κ3) is 3.89. The summed E-state index contributed by atoms with van der Waals surface area (Å²) in [5, 5.41) is 6.57. The van der Waals surface area contributed by atoms with Gasteiger partial charge in [-0.05, 0) is 30.5 Å². The number of amides is 1. The number of methoxy groups -OCH3 is 1. The van der Waals surface area contributed by atoms with Crippen LogP contribution in [0.4, 0.5) is 0 Å². The molecule has 98 valence electrons. The van der Waals surface area contributed by atoms with Crippen LogP contribution in [0.1, 0.15) is 18.4 Å². The number of nitrogens with one attached hydrogen (secondary N) is 2. The van der Waals surface area contributed by atoms with Gasteiger partial charge in [0.1, 0.15) is 5.75 Å². The van der Waals surface area contributed by atoms with Crippen molar-refractivity contribution >= 4 is 17.5 Å². The van der Waals surface area contributed by atoms with Gasteiger partial charge < -0.3 is 15.4 Å². The van der Waals surface area contributed by atoms with Crippen molar-refractivity contribution in [3.05, 3.63) is 28.8 Å². The molecule has 0 atom stereocenters. The fraction of sp³-hybridized carbons (Fsp3) is 0.462. The molecule has 2 N–H and O–H groups in total. The lowest BCUT2D eigenvalue weighted by molar-refractivity contribution is -0.120. The highest BCUT2D eigenvalue weighted by Crippen LogP contribution is 2.24. The first-order chi connectivity index (χ1) is 8.69. The van der Waals surface area contributed by atoms with E-state index in [9.17, 15) is 4.79 Å². The first-order valence-electron chi connectivity index (χ1n) is 6.01. The zero-order valence-electron chi connectivity index (χ0n) is 10.3. The highest BCUT2D eigenvalue weighted by molar-refractivity contribution is 6.32. The Bertz CT molecular complexity index is 433. The topological polar surface area (TPSA) is 50.4 Å². The summed E-state index contributed by atoms with van der Waals surface area (Å²) in [6.45, 7) is 0.865. The molecule has 1 aromatic rings. The van der Waals surface area contributed by atoms with Gasteiger partial charge in [-0.3, -0.25) is 4.79 Å². The standard InChI is InChI=1S/C13H17ClN2O2/c1-18-12-5-2-9(6-11(12)14)7-16-13(17)8-15-10-3-4-10/h2,5-6,10,15H,3-4,7-8H2,1H3,(H,16,17). The van der Waals surface area contributed by atoms with E-state index in [4.69, 9.17) is 16.3 Å². The van der Waals surface area contributed by atoms with Crippen molar-refractivity contribution in [1.29, 1.82) is 0 Å². The maximum atomic E-state index is 11.5. The average Bonchev–Trinajstić information content (AvgIpc) is 3.18. The van der Waals surface area contributed by atoms with Crippen LogP contribution in [0.15, 0.2) is 18.2 Å². The first kappa shape index (κ1) is 13.2. The summed E-state index contributed by atoms with van der Waals surface area (Å²) < 4.78 is 5.07. The van der Waals surface area contributed by atoms with E-state index in [2.05, 4.69) is 10.6 Å². The van der Waals surface area contributed by atoms with E-state index >= 15 is 0 Å². The molecule has 0 unspecified atom stereocenters. The first-order valence-corrected chi connectivity index (χ1v) is 6.39. The average molecular weight is 269 g/mol. The van der Waals surface area contributed by atoms with Gasteiger partial charge in [-0.2, -0.15) is 0 Å². The molecule has 1 aromatic carbocycles. The van der Waals surface area contributed by atoms with Crippen LogP contribution in [0.25, 0.3) is 0 Å². The summed E-state index contributed by atoms with van der Waals surface area (Å²) in [4.78, 5) is 11.5. The minimum atomic E-state index is 0.00819. The van der Waals surface area contributed by atoms with E-state index in [-0.39, 0.29) is 5.91 Å². The van der Waals surface area contributed by atoms with E-state index < -0.39 is 0 Å². The van der Waals surface area contributed by atoms with Crippen molar-refractivity contribution in [1.82, 2.24) is 10.6 Å². The van der Waals surface area contributed by atoms with Gasteiger partial charge in [0.15, 0.2) is 0 Å². The Morgan fingerprint density at radius 2 is 2.28 bits per heavy atom. The van der Waals surface area contributed by atoms with Gasteiger partial charge >= 0.3 is 0 Å². The van der Waals surface area contributed by atoms with Gasteiger partial charge in [-0.15, -0.1) is 0 Å². The van der Waals surface area contributed by atoms with Crippen LogP contribution in [0.3, 0.4) is 0 Å². The van der Waals surface area contributed by atoms with Crippen LogP contribution >= 0.6 is 11.6 Å². The highest BCUT2D eigenvalue weighted by Gasteiger charge is 2.20. The molecule has 0 spiro atoms. The second-order valence-electron chi connectivity index (χ2n) is 4.40. The lowest BCUT2D eigenvalue weighted by atomic mass is 10.2.